The van der Waals surface area contributed by atoms with E-state index in [-0.39, 0.29) is 22.1 Å². The van der Waals surface area contributed by atoms with Crippen LogP contribution in [0.15, 0.2) is 0 Å². The summed E-state index contributed by atoms with van der Waals surface area (Å²) in [6.07, 6.45) is 0.616. The standard InChI is InChI=1S/C10H17N3OS2/c1-7(2)9(14)13-6-10(5-8(13)12-11)15-3-4-16-10/h7-8,12H,3-6H2,1-2H3. The van der Waals surface area contributed by atoms with E-state index in [4.69, 9.17) is 5.53 Å². The molecule has 6 heteroatoms. The third-order valence-corrected chi connectivity index (χ3v) is 6.46. The maximum Gasteiger partial charge on any atom is 0.230 e. The van der Waals surface area contributed by atoms with Crippen molar-refractivity contribution >= 4 is 29.4 Å². The molecule has 0 aliphatic carbocycles. The Kier molecular flexibility index (Phi) is 3.49. The Morgan fingerprint density at radius 1 is 1.50 bits per heavy atom. The van der Waals surface area contributed by atoms with E-state index in [0.29, 0.717) is 0 Å². The van der Waals surface area contributed by atoms with Crippen LogP contribution in [0.25, 0.3) is 5.53 Å². The first kappa shape index (κ1) is 12.2. The smallest absolute Gasteiger partial charge is 0.230 e. The van der Waals surface area contributed by atoms with E-state index in [1.807, 2.05) is 37.4 Å². The van der Waals surface area contributed by atoms with Crippen LogP contribution in [0.5, 0.6) is 0 Å². The molecule has 90 valence electrons. The monoisotopic (exact) mass is 259 g/mol. The zero-order valence-corrected chi connectivity index (χ0v) is 11.2. The average Bonchev–Trinajstić information content (AvgIpc) is 2.85. The predicted molar refractivity (Wildman–Crippen MR) is 66.9 cm³/mol. The Labute approximate surface area is 104 Å². The summed E-state index contributed by atoms with van der Waals surface area (Å²) in [6.45, 7) is 4.55. The van der Waals surface area contributed by atoms with Crippen molar-refractivity contribution < 1.29 is 9.91 Å². The normalized spacial score (nSPS) is 27.9. The molecule has 2 heterocycles. The van der Waals surface area contributed by atoms with Gasteiger partial charge in [0.25, 0.3) is 0 Å². The Hall–Kier alpha value is -0.230. The van der Waals surface area contributed by atoms with Crippen LogP contribution in [0.1, 0.15) is 20.3 Å². The highest BCUT2D eigenvalue weighted by Crippen LogP contribution is 2.50. The number of carbonyl (C=O) groups excluding carboxylic acids is 1. The third kappa shape index (κ3) is 2.09. The molecule has 2 aliphatic rings. The quantitative estimate of drug-likeness (QED) is 0.734. The number of nitrogens with zero attached hydrogens (tertiary/aromatic N) is 2. The lowest BCUT2D eigenvalue weighted by atomic mass is 10.2. The van der Waals surface area contributed by atoms with Gasteiger partial charge in [0.05, 0.1) is 17.0 Å². The van der Waals surface area contributed by atoms with E-state index < -0.39 is 0 Å². The van der Waals surface area contributed by atoms with Crippen molar-refractivity contribution in [3.8, 4) is 0 Å². The highest BCUT2D eigenvalue weighted by atomic mass is 32.2. The molecule has 0 radical (unpaired) electrons. The van der Waals surface area contributed by atoms with Crippen LogP contribution in [0.3, 0.4) is 0 Å². The Bertz CT molecular complexity index is 302. The molecule has 4 nitrogen and oxygen atoms in total. The minimum atomic E-state index is -0.215. The van der Waals surface area contributed by atoms with Gasteiger partial charge in [-0.3, -0.25) is 9.69 Å². The highest BCUT2D eigenvalue weighted by Gasteiger charge is 2.50. The molecule has 2 fully saturated rings. The highest BCUT2D eigenvalue weighted by molar-refractivity contribution is 8.21. The van der Waals surface area contributed by atoms with E-state index in [9.17, 15) is 4.79 Å². The molecule has 0 aromatic heterocycles. The van der Waals surface area contributed by atoms with Crippen molar-refractivity contribution in [3.05, 3.63) is 5.53 Å². The lowest BCUT2D eigenvalue weighted by Crippen LogP contribution is -2.76. The van der Waals surface area contributed by atoms with E-state index >= 15 is 0 Å². The Morgan fingerprint density at radius 2 is 2.12 bits per heavy atom. The van der Waals surface area contributed by atoms with E-state index in [1.54, 1.807) is 4.90 Å². The second-order valence-electron chi connectivity index (χ2n) is 4.58. The second-order valence-corrected chi connectivity index (χ2v) is 7.79. The molecular formula is C10H17N3OS2. The van der Waals surface area contributed by atoms with Gasteiger partial charge in [0.15, 0.2) is 0 Å². The predicted octanol–water partition coefficient (Wildman–Crippen LogP) is 0.479. The zero-order chi connectivity index (χ0) is 11.8. The van der Waals surface area contributed by atoms with Gasteiger partial charge in [0.2, 0.25) is 12.1 Å². The number of likely N-dealkylation sites (tertiary alicyclic amines) is 1. The summed E-state index contributed by atoms with van der Waals surface area (Å²) in [5.74, 6) is 2.40. The van der Waals surface area contributed by atoms with Gasteiger partial charge in [0, 0.05) is 17.4 Å². The van der Waals surface area contributed by atoms with Crippen molar-refractivity contribution in [3.63, 3.8) is 0 Å². The molecule has 0 saturated carbocycles. The fourth-order valence-electron chi connectivity index (χ4n) is 2.22. The minimum Gasteiger partial charge on any atom is -0.507 e. The molecule has 1 amide bonds. The molecule has 0 bridgehead atoms. The lowest BCUT2D eigenvalue weighted by molar-refractivity contribution is -0.545. The maximum atomic E-state index is 12.0. The molecule has 0 aromatic rings. The number of thioether (sulfide) groups is 2. The maximum absolute atomic E-state index is 12.0. The number of hydrogen-bond donors (Lipinski definition) is 1. The number of carbonyl (C=O) groups is 1. The van der Waals surface area contributed by atoms with Crippen LogP contribution in [0.4, 0.5) is 0 Å². The van der Waals surface area contributed by atoms with Crippen molar-refractivity contribution in [2.75, 3.05) is 18.1 Å². The Balaban J connectivity index is 2.13. The molecule has 1 spiro atoms. The summed E-state index contributed by atoms with van der Waals surface area (Å²) in [7, 11) is 0. The first-order valence-electron chi connectivity index (χ1n) is 5.56. The van der Waals surface area contributed by atoms with Crippen molar-refractivity contribution in [2.24, 2.45) is 5.92 Å². The molecule has 16 heavy (non-hydrogen) atoms. The summed E-state index contributed by atoms with van der Waals surface area (Å²) in [4.78, 5) is 13.8. The van der Waals surface area contributed by atoms with Crippen LogP contribution < -0.4 is 5.11 Å². The number of nitrogens with one attached hydrogen (secondary N) is 1. The SMILES string of the molecule is CC(C)C(=O)N1CC2(CC1[NH+]=[N-])SCCS2. The first-order chi connectivity index (χ1) is 7.58. The molecule has 2 saturated heterocycles. The summed E-state index contributed by atoms with van der Waals surface area (Å²) in [6, 6.07) is 0. The number of amides is 1. The summed E-state index contributed by atoms with van der Waals surface area (Å²) in [5, 5.41) is 2.28. The molecule has 2 aliphatic heterocycles. The number of rotatable bonds is 2. The molecule has 0 aromatic carbocycles. The van der Waals surface area contributed by atoms with E-state index in [2.05, 4.69) is 5.11 Å². The van der Waals surface area contributed by atoms with Gasteiger partial charge in [-0.2, -0.15) is 0 Å². The van der Waals surface area contributed by atoms with Crippen LogP contribution >= 0.6 is 23.5 Å². The number of hydrogen-bond acceptors (Lipinski definition) is 3. The topological polar surface area (TPSA) is 56.6 Å². The summed E-state index contributed by atoms with van der Waals surface area (Å²) < 4.78 is 0.116. The van der Waals surface area contributed by atoms with Crippen molar-refractivity contribution in [1.82, 2.24) is 4.90 Å². The van der Waals surface area contributed by atoms with Crippen LogP contribution in [-0.2, 0) is 4.79 Å². The van der Waals surface area contributed by atoms with Gasteiger partial charge in [-0.15, -0.1) is 23.5 Å². The van der Waals surface area contributed by atoms with Gasteiger partial charge in [-0.1, -0.05) is 13.8 Å². The summed E-state index contributed by atoms with van der Waals surface area (Å²) >= 11 is 3.84. The fourth-order valence-corrected chi connectivity index (χ4v) is 5.48. The molecular weight excluding hydrogens is 242 g/mol. The first-order valence-corrected chi connectivity index (χ1v) is 7.53. The van der Waals surface area contributed by atoms with Gasteiger partial charge in [0.1, 0.15) is 0 Å². The summed E-state index contributed by atoms with van der Waals surface area (Å²) in [5.41, 5.74) is 9.15. The van der Waals surface area contributed by atoms with Crippen LogP contribution in [-0.4, -0.2) is 39.1 Å². The van der Waals surface area contributed by atoms with Gasteiger partial charge < -0.3 is 10.6 Å². The fraction of sp³-hybridized carbons (Fsp3) is 0.900. The van der Waals surface area contributed by atoms with Crippen molar-refractivity contribution in [1.29, 1.82) is 0 Å². The van der Waals surface area contributed by atoms with E-state index in [0.717, 1.165) is 24.5 Å². The second kappa shape index (κ2) is 4.56. The van der Waals surface area contributed by atoms with Gasteiger partial charge in [-0.05, 0) is 0 Å². The molecule has 2 rings (SSSR count). The van der Waals surface area contributed by atoms with Crippen LogP contribution in [0.2, 0.25) is 0 Å². The third-order valence-electron chi connectivity index (χ3n) is 3.03. The van der Waals surface area contributed by atoms with E-state index in [1.165, 1.54) is 0 Å². The molecule has 1 atom stereocenters. The van der Waals surface area contributed by atoms with Gasteiger partial charge >= 0.3 is 0 Å². The Morgan fingerprint density at radius 3 is 2.62 bits per heavy atom. The lowest BCUT2D eigenvalue weighted by Gasteiger charge is -2.22. The largest absolute Gasteiger partial charge is 0.507 e. The average molecular weight is 259 g/mol. The minimum absolute atomic E-state index is 0.0117. The van der Waals surface area contributed by atoms with Crippen LogP contribution in [0, 0.1) is 5.92 Å². The molecule has 1 N–H and O–H groups in total. The molecule has 1 unspecified atom stereocenters. The van der Waals surface area contributed by atoms with Gasteiger partial charge in [-0.25, -0.2) is 0 Å². The van der Waals surface area contributed by atoms with Crippen molar-refractivity contribution in [2.45, 2.75) is 30.5 Å². The zero-order valence-electron chi connectivity index (χ0n) is 9.60.